The van der Waals surface area contributed by atoms with Crippen molar-refractivity contribution in [1.82, 2.24) is 30.2 Å². The predicted molar refractivity (Wildman–Crippen MR) is 128 cm³/mol. The van der Waals surface area contributed by atoms with Crippen molar-refractivity contribution in [1.29, 1.82) is 0 Å². The third kappa shape index (κ3) is 5.56. The van der Waals surface area contributed by atoms with E-state index in [-0.39, 0.29) is 0 Å². The molecule has 2 N–H and O–H groups in total. The van der Waals surface area contributed by atoms with E-state index in [2.05, 4.69) is 59.8 Å². The van der Waals surface area contributed by atoms with Crippen molar-refractivity contribution in [3.05, 3.63) is 64.2 Å². The van der Waals surface area contributed by atoms with E-state index in [9.17, 15) is 0 Å². The summed E-state index contributed by atoms with van der Waals surface area (Å²) in [6.07, 6.45) is 0. The Bertz CT molecular complexity index is 1060. The second-order valence-corrected chi connectivity index (χ2v) is 7.88. The molecule has 0 aliphatic heterocycles. The Morgan fingerprint density at radius 1 is 1.09 bits per heavy atom. The van der Waals surface area contributed by atoms with Crippen LogP contribution >= 0.6 is 0 Å². The number of benzene rings is 1. The minimum atomic E-state index is 0.551. The highest BCUT2D eigenvalue weighted by Crippen LogP contribution is 2.18. The van der Waals surface area contributed by atoms with Crippen molar-refractivity contribution in [2.45, 2.75) is 54.3 Å². The molecule has 2 heterocycles. The van der Waals surface area contributed by atoms with Crippen LogP contribution in [0.5, 0.6) is 0 Å². The van der Waals surface area contributed by atoms with E-state index in [1.807, 2.05) is 35.3 Å². The Morgan fingerprint density at radius 3 is 2.56 bits per heavy atom. The van der Waals surface area contributed by atoms with Gasteiger partial charge in [0.2, 0.25) is 0 Å². The number of hydrogen-bond acceptors (Lipinski definition) is 4. The first kappa shape index (κ1) is 23.5. The van der Waals surface area contributed by atoms with Crippen molar-refractivity contribution in [2.75, 3.05) is 20.3 Å². The van der Waals surface area contributed by atoms with E-state index >= 15 is 0 Å². The summed E-state index contributed by atoms with van der Waals surface area (Å²) in [4.78, 5) is 4.84. The molecule has 32 heavy (non-hydrogen) atoms. The van der Waals surface area contributed by atoms with E-state index in [1.165, 1.54) is 5.56 Å². The van der Waals surface area contributed by atoms with Gasteiger partial charge in [0.1, 0.15) is 0 Å². The highest BCUT2D eigenvalue weighted by molar-refractivity contribution is 5.79. The number of nitrogens with zero attached hydrogens (tertiary/aromatic N) is 5. The molecular formula is C24H35N7O. The lowest BCUT2D eigenvalue weighted by molar-refractivity contribution is 0.182. The summed E-state index contributed by atoms with van der Waals surface area (Å²) in [6.45, 7) is 13.7. The quantitative estimate of drug-likeness (QED) is 0.397. The number of aliphatic imine (C=N–C) groups is 1. The molecule has 3 aromatic rings. The van der Waals surface area contributed by atoms with Crippen molar-refractivity contribution in [3.8, 4) is 5.69 Å². The third-order valence-electron chi connectivity index (χ3n) is 5.45. The van der Waals surface area contributed by atoms with Crippen molar-refractivity contribution in [3.63, 3.8) is 0 Å². The van der Waals surface area contributed by atoms with Gasteiger partial charge in [0.05, 0.1) is 36.8 Å². The molecule has 0 unspecified atom stereocenters. The Balaban J connectivity index is 1.76. The Hall–Kier alpha value is -3.13. The Kier molecular flexibility index (Phi) is 8.05. The van der Waals surface area contributed by atoms with Crippen LogP contribution < -0.4 is 10.6 Å². The van der Waals surface area contributed by atoms with Crippen LogP contribution in [0.3, 0.4) is 0 Å². The first-order valence-corrected chi connectivity index (χ1v) is 11.1. The SMILES string of the molecule is CCNC(=NCc1ccccc1-n1nc(C)cc1C)NCc1c(C)nn(CCOC)c1C. The highest BCUT2D eigenvalue weighted by Gasteiger charge is 2.12. The van der Waals surface area contributed by atoms with Gasteiger partial charge in [0, 0.05) is 37.2 Å². The van der Waals surface area contributed by atoms with Crippen LogP contribution in [0.25, 0.3) is 5.69 Å². The van der Waals surface area contributed by atoms with Crippen LogP contribution in [0, 0.1) is 27.7 Å². The van der Waals surface area contributed by atoms with Gasteiger partial charge in [-0.1, -0.05) is 18.2 Å². The van der Waals surface area contributed by atoms with E-state index in [1.54, 1.807) is 7.11 Å². The summed E-state index contributed by atoms with van der Waals surface area (Å²) in [5.41, 5.74) is 7.66. The lowest BCUT2D eigenvalue weighted by Gasteiger charge is -2.13. The number of aromatic nitrogens is 4. The molecule has 0 fully saturated rings. The second kappa shape index (κ2) is 10.9. The van der Waals surface area contributed by atoms with Crippen LogP contribution in [0.1, 0.15) is 40.8 Å². The van der Waals surface area contributed by atoms with Gasteiger partial charge < -0.3 is 15.4 Å². The van der Waals surface area contributed by atoms with E-state index in [0.717, 1.165) is 53.1 Å². The molecule has 172 valence electrons. The lowest BCUT2D eigenvalue weighted by atomic mass is 10.2. The van der Waals surface area contributed by atoms with Crippen molar-refractivity contribution < 1.29 is 4.74 Å². The Labute approximate surface area is 190 Å². The fraction of sp³-hybridized carbons (Fsp3) is 0.458. The minimum absolute atomic E-state index is 0.551. The fourth-order valence-electron chi connectivity index (χ4n) is 3.79. The number of methoxy groups -OCH3 is 1. The van der Waals surface area contributed by atoms with Crippen molar-refractivity contribution in [2.24, 2.45) is 4.99 Å². The van der Waals surface area contributed by atoms with Crippen LogP contribution in [0.2, 0.25) is 0 Å². The van der Waals surface area contributed by atoms with Crippen LogP contribution in [-0.2, 0) is 24.4 Å². The normalized spacial score (nSPS) is 11.8. The third-order valence-corrected chi connectivity index (χ3v) is 5.45. The van der Waals surface area contributed by atoms with Gasteiger partial charge in [-0.25, -0.2) is 9.67 Å². The number of ether oxygens (including phenoxy) is 1. The molecule has 0 bridgehead atoms. The summed E-state index contributed by atoms with van der Waals surface area (Å²) >= 11 is 0. The molecule has 0 saturated carbocycles. The van der Waals surface area contributed by atoms with Gasteiger partial charge in [-0.3, -0.25) is 4.68 Å². The largest absolute Gasteiger partial charge is 0.383 e. The Morgan fingerprint density at radius 2 is 1.88 bits per heavy atom. The molecule has 8 nitrogen and oxygen atoms in total. The average Bonchev–Trinajstić information content (AvgIpc) is 3.25. The van der Waals surface area contributed by atoms with Gasteiger partial charge in [-0.2, -0.15) is 10.2 Å². The van der Waals surface area contributed by atoms with Crippen molar-refractivity contribution >= 4 is 5.96 Å². The summed E-state index contributed by atoms with van der Waals surface area (Å²) in [5, 5.41) is 16.1. The number of hydrogen-bond donors (Lipinski definition) is 2. The number of nitrogens with one attached hydrogen (secondary N) is 2. The first-order chi connectivity index (χ1) is 15.4. The van der Waals surface area contributed by atoms with Crippen LogP contribution in [0.15, 0.2) is 35.3 Å². The molecule has 0 aliphatic rings. The molecule has 2 aromatic heterocycles. The molecule has 3 rings (SSSR count). The zero-order chi connectivity index (χ0) is 23.1. The molecule has 0 spiro atoms. The highest BCUT2D eigenvalue weighted by atomic mass is 16.5. The summed E-state index contributed by atoms with van der Waals surface area (Å²) in [7, 11) is 1.71. The average molecular weight is 438 g/mol. The van der Waals surface area contributed by atoms with Crippen LogP contribution in [0.4, 0.5) is 0 Å². The second-order valence-electron chi connectivity index (χ2n) is 7.88. The van der Waals surface area contributed by atoms with Crippen LogP contribution in [-0.4, -0.2) is 45.8 Å². The summed E-state index contributed by atoms with van der Waals surface area (Å²) in [5.74, 6) is 0.777. The van der Waals surface area contributed by atoms with Gasteiger partial charge in [-0.05, 0) is 52.3 Å². The van der Waals surface area contributed by atoms with E-state index in [0.29, 0.717) is 19.7 Å². The van der Waals surface area contributed by atoms with Gasteiger partial charge in [0.25, 0.3) is 0 Å². The topological polar surface area (TPSA) is 81.3 Å². The molecular weight excluding hydrogens is 402 g/mol. The summed E-state index contributed by atoms with van der Waals surface area (Å²) in [6, 6.07) is 10.4. The van der Waals surface area contributed by atoms with Gasteiger partial charge in [-0.15, -0.1) is 0 Å². The van der Waals surface area contributed by atoms with Gasteiger partial charge in [0.15, 0.2) is 5.96 Å². The maximum atomic E-state index is 5.19. The van der Waals surface area contributed by atoms with Gasteiger partial charge >= 0.3 is 0 Å². The van der Waals surface area contributed by atoms with E-state index < -0.39 is 0 Å². The maximum absolute atomic E-state index is 5.19. The zero-order valence-electron chi connectivity index (χ0n) is 20.1. The van der Waals surface area contributed by atoms with E-state index in [4.69, 9.17) is 9.73 Å². The maximum Gasteiger partial charge on any atom is 0.191 e. The molecule has 8 heteroatoms. The lowest BCUT2D eigenvalue weighted by Crippen LogP contribution is -2.37. The number of aryl methyl sites for hydroxylation is 3. The molecule has 0 aliphatic carbocycles. The predicted octanol–water partition coefficient (Wildman–Crippen LogP) is 3.20. The molecule has 1 aromatic carbocycles. The molecule has 0 radical (unpaired) electrons. The monoisotopic (exact) mass is 437 g/mol. The zero-order valence-corrected chi connectivity index (χ0v) is 20.1. The first-order valence-electron chi connectivity index (χ1n) is 11.1. The fourth-order valence-corrected chi connectivity index (χ4v) is 3.79. The summed E-state index contributed by atoms with van der Waals surface area (Å²) < 4.78 is 9.18. The molecule has 0 atom stereocenters. The standard InChI is InChI=1S/C24H35N7O/c1-7-25-24(27-16-22-19(4)29-30(20(22)5)12-13-32-6)26-15-21-10-8-9-11-23(21)31-18(3)14-17(2)28-31/h8-11,14H,7,12-13,15-16H2,1-6H3,(H2,25,26,27). The smallest absolute Gasteiger partial charge is 0.191 e. The minimum Gasteiger partial charge on any atom is -0.383 e. The molecule has 0 saturated heterocycles. The number of para-hydroxylation sites is 1. The molecule has 0 amide bonds. The number of guanidine groups is 1. The number of rotatable bonds is 9.